The number of phosphoric acid groups is 1. The van der Waals surface area contributed by atoms with Crippen LogP contribution in [0.15, 0.2) is 97.2 Å². The molecule has 0 bridgehead atoms. The Balaban J connectivity index is 4.22. The van der Waals surface area contributed by atoms with Crippen LogP contribution in [0.25, 0.3) is 0 Å². The summed E-state index contributed by atoms with van der Waals surface area (Å²) in [7, 11) is 1.23. The monoisotopic (exact) mass is 1110 g/mol. The number of rotatable bonds is 59. The molecule has 8 nitrogen and oxygen atoms in total. The highest BCUT2D eigenvalue weighted by Crippen LogP contribution is 2.38. The van der Waals surface area contributed by atoms with Crippen molar-refractivity contribution in [2.24, 2.45) is 0 Å². The summed E-state index contributed by atoms with van der Waals surface area (Å²) in [5.41, 5.74) is 0. The Kier molecular flexibility index (Phi) is 57.1. The van der Waals surface area contributed by atoms with E-state index in [2.05, 4.69) is 104 Å². The zero-order valence-corrected chi connectivity index (χ0v) is 52.5. The molecular formula is C69H125N2O6P. The maximum atomic E-state index is 13.0. The molecule has 0 saturated carbocycles. The Morgan fingerprint density at radius 3 is 1.19 bits per heavy atom. The lowest BCUT2D eigenvalue weighted by atomic mass is 10.0. The first kappa shape index (κ1) is 75.4. The van der Waals surface area contributed by atoms with E-state index in [1.165, 1.54) is 186 Å². The molecule has 0 aliphatic heterocycles. The molecule has 0 spiro atoms. The van der Waals surface area contributed by atoms with Crippen LogP contribution in [0.2, 0.25) is 0 Å². The van der Waals surface area contributed by atoms with Crippen molar-refractivity contribution in [1.82, 2.24) is 5.32 Å². The number of nitrogens with one attached hydrogen (secondary N) is 1. The smallest absolute Gasteiger partial charge is 0.268 e. The molecule has 0 aromatic carbocycles. The molecule has 3 atom stereocenters. The lowest BCUT2D eigenvalue weighted by Crippen LogP contribution is -2.45. The van der Waals surface area contributed by atoms with Gasteiger partial charge in [-0.2, -0.15) is 0 Å². The summed E-state index contributed by atoms with van der Waals surface area (Å²) in [4.78, 5) is 25.6. The highest BCUT2D eigenvalue weighted by molar-refractivity contribution is 7.45. The lowest BCUT2D eigenvalue weighted by molar-refractivity contribution is -0.870. The number of aliphatic hydroxyl groups excluding tert-OH is 1. The molecule has 452 valence electrons. The minimum Gasteiger partial charge on any atom is -0.756 e. The fourth-order valence-corrected chi connectivity index (χ4v) is 9.94. The zero-order chi connectivity index (χ0) is 57.0. The number of unbranched alkanes of at least 4 members (excludes halogenated alkanes) is 32. The van der Waals surface area contributed by atoms with Crippen LogP contribution in [0.4, 0.5) is 0 Å². The van der Waals surface area contributed by atoms with E-state index in [-0.39, 0.29) is 12.5 Å². The maximum Gasteiger partial charge on any atom is 0.268 e. The molecule has 0 aromatic rings. The zero-order valence-electron chi connectivity index (χ0n) is 51.6. The number of hydrogen-bond donors (Lipinski definition) is 2. The van der Waals surface area contributed by atoms with Crippen LogP contribution in [0.5, 0.6) is 0 Å². The topological polar surface area (TPSA) is 108 Å². The SMILES string of the molecule is CC/C=C\C/C=C\C/C=C\C/C=C\C/C=C\CCCCCCCCCCCCCC(=O)NC(COP(=O)([O-])OCC[N+](C)(C)C)C(O)/C=C/CC/C=C/CC/C=C/CCCCCCCCCCCCCCCCCCCCC. The predicted octanol–water partition coefficient (Wildman–Crippen LogP) is 19.9. The number of carbonyl (C=O) groups is 1. The molecule has 0 aliphatic rings. The van der Waals surface area contributed by atoms with E-state index in [4.69, 9.17) is 9.05 Å². The third kappa shape index (κ3) is 61.0. The largest absolute Gasteiger partial charge is 0.756 e. The van der Waals surface area contributed by atoms with Crippen LogP contribution in [0, 0.1) is 0 Å². The third-order valence-corrected chi connectivity index (χ3v) is 15.2. The number of aliphatic hydroxyl groups is 1. The average Bonchev–Trinajstić information content (AvgIpc) is 3.41. The van der Waals surface area contributed by atoms with Crippen molar-refractivity contribution in [3.8, 4) is 0 Å². The maximum absolute atomic E-state index is 13.0. The van der Waals surface area contributed by atoms with Gasteiger partial charge in [-0.1, -0.05) is 284 Å². The van der Waals surface area contributed by atoms with E-state index in [0.29, 0.717) is 17.4 Å². The predicted molar refractivity (Wildman–Crippen MR) is 339 cm³/mol. The first-order chi connectivity index (χ1) is 38.0. The minimum atomic E-state index is -4.62. The van der Waals surface area contributed by atoms with Crippen LogP contribution in [-0.2, 0) is 18.4 Å². The van der Waals surface area contributed by atoms with Crippen LogP contribution < -0.4 is 10.2 Å². The summed E-state index contributed by atoms with van der Waals surface area (Å²) in [5.74, 6) is -0.216. The molecule has 0 saturated heterocycles. The van der Waals surface area contributed by atoms with E-state index in [0.717, 1.165) is 77.0 Å². The van der Waals surface area contributed by atoms with Crippen molar-refractivity contribution >= 4 is 13.7 Å². The van der Waals surface area contributed by atoms with Gasteiger partial charge in [-0.15, -0.1) is 0 Å². The fraction of sp³-hybridized carbons (Fsp3) is 0.754. The van der Waals surface area contributed by atoms with E-state index >= 15 is 0 Å². The second kappa shape index (κ2) is 59.1. The van der Waals surface area contributed by atoms with Crippen LogP contribution in [-0.4, -0.2) is 68.5 Å². The van der Waals surface area contributed by atoms with Gasteiger partial charge in [0.1, 0.15) is 13.2 Å². The molecule has 0 fully saturated rings. The Labute approximate surface area is 483 Å². The molecule has 0 rings (SSSR count). The van der Waals surface area contributed by atoms with Crippen LogP contribution >= 0.6 is 7.82 Å². The third-order valence-electron chi connectivity index (χ3n) is 14.3. The summed E-state index contributed by atoms with van der Waals surface area (Å²) in [6, 6.07) is -0.919. The molecule has 1 amide bonds. The molecule has 0 aromatic heterocycles. The second-order valence-corrected chi connectivity index (χ2v) is 24.5. The van der Waals surface area contributed by atoms with E-state index in [1.54, 1.807) is 6.08 Å². The van der Waals surface area contributed by atoms with Gasteiger partial charge >= 0.3 is 0 Å². The number of amides is 1. The number of phosphoric ester groups is 1. The van der Waals surface area contributed by atoms with Gasteiger partial charge < -0.3 is 28.8 Å². The number of quaternary nitrogens is 1. The second-order valence-electron chi connectivity index (χ2n) is 23.1. The first-order valence-corrected chi connectivity index (χ1v) is 34.1. The number of nitrogens with zero attached hydrogens (tertiary/aromatic N) is 1. The van der Waals surface area contributed by atoms with Gasteiger partial charge in [-0.25, -0.2) is 0 Å². The number of hydrogen-bond acceptors (Lipinski definition) is 6. The average molecular weight is 1110 g/mol. The summed E-state index contributed by atoms with van der Waals surface area (Å²) in [6.07, 6.45) is 85.1. The Morgan fingerprint density at radius 1 is 0.462 bits per heavy atom. The van der Waals surface area contributed by atoms with Crippen molar-refractivity contribution in [1.29, 1.82) is 0 Å². The Morgan fingerprint density at radius 2 is 0.795 bits per heavy atom. The van der Waals surface area contributed by atoms with Crippen LogP contribution in [0.3, 0.4) is 0 Å². The minimum absolute atomic E-state index is 0.0137. The van der Waals surface area contributed by atoms with Gasteiger partial charge in [-0.3, -0.25) is 9.36 Å². The van der Waals surface area contributed by atoms with Crippen LogP contribution in [0.1, 0.15) is 284 Å². The first-order valence-electron chi connectivity index (χ1n) is 32.6. The molecular weight excluding hydrogens is 984 g/mol. The van der Waals surface area contributed by atoms with Gasteiger partial charge in [0.25, 0.3) is 7.82 Å². The number of likely N-dealkylation sites (N-methyl/N-ethyl adjacent to an activating group) is 1. The summed E-state index contributed by atoms with van der Waals surface area (Å²) in [5, 5.41) is 13.9. The Bertz CT molecular complexity index is 1590. The van der Waals surface area contributed by atoms with Crippen molar-refractivity contribution in [3.05, 3.63) is 97.2 Å². The van der Waals surface area contributed by atoms with E-state index in [9.17, 15) is 19.4 Å². The normalized spacial score (nSPS) is 14.4. The van der Waals surface area contributed by atoms with Crippen molar-refractivity contribution < 1.29 is 32.9 Å². The van der Waals surface area contributed by atoms with Crippen molar-refractivity contribution in [2.45, 2.75) is 296 Å². The molecule has 3 unspecified atom stereocenters. The number of carbonyl (C=O) groups excluding carboxylic acids is 1. The van der Waals surface area contributed by atoms with Gasteiger partial charge in [0.05, 0.1) is 39.9 Å². The summed E-state index contributed by atoms with van der Waals surface area (Å²) >= 11 is 0. The van der Waals surface area contributed by atoms with Crippen molar-refractivity contribution in [2.75, 3.05) is 40.9 Å². The summed E-state index contributed by atoms with van der Waals surface area (Å²) in [6.45, 7) is 4.52. The fourth-order valence-electron chi connectivity index (χ4n) is 9.21. The lowest BCUT2D eigenvalue weighted by Gasteiger charge is -2.29. The van der Waals surface area contributed by atoms with Crippen molar-refractivity contribution in [3.63, 3.8) is 0 Å². The van der Waals surface area contributed by atoms with Gasteiger partial charge in [-0.05, 0) is 89.9 Å². The van der Waals surface area contributed by atoms with E-state index in [1.807, 2.05) is 27.2 Å². The molecule has 9 heteroatoms. The van der Waals surface area contributed by atoms with Gasteiger partial charge in [0, 0.05) is 6.42 Å². The highest BCUT2D eigenvalue weighted by atomic mass is 31.2. The molecule has 0 heterocycles. The standard InChI is InChI=1S/C69H125N2O6P/c1-6-8-10-12-14-16-18-20-22-24-26-28-30-32-34-35-37-38-40-42-44-46-48-50-52-54-56-58-60-62-68(72)67(66-77-78(74,75)76-65-64-71(3,4)5)70-69(73)63-61-59-57-55-53-51-49-47-45-43-41-39-36-33-31-29-27-25-23-21-19-17-15-13-11-9-7-2/h9,11,15,17,21,23,27,29,33,36,44,46,52,54,60,62,67-68,72H,6-8,10,12-14,16,18-20,22,24-26,28,30-32,34-35,37-43,45,47-51,53,55-59,61,63-66H2,1-5H3,(H-,70,73,74,75)/b11-9-,17-15-,23-21-,29-27-,36-33-,46-44+,54-52+,62-60+. The summed E-state index contributed by atoms with van der Waals surface area (Å²) < 4.78 is 23.4. The molecule has 78 heavy (non-hydrogen) atoms. The van der Waals surface area contributed by atoms with Gasteiger partial charge in [0.2, 0.25) is 5.91 Å². The van der Waals surface area contributed by atoms with E-state index < -0.39 is 26.6 Å². The quantitative estimate of drug-likeness (QED) is 0.0272. The molecule has 0 aliphatic carbocycles. The Hall–Kier alpha value is -2.58. The number of allylic oxidation sites excluding steroid dienone is 15. The highest BCUT2D eigenvalue weighted by Gasteiger charge is 2.23. The molecule has 2 N–H and O–H groups in total. The molecule has 0 radical (unpaired) electrons. The van der Waals surface area contributed by atoms with Gasteiger partial charge in [0.15, 0.2) is 0 Å².